The Labute approximate surface area is 84.8 Å². The van der Waals surface area contributed by atoms with Gasteiger partial charge in [-0.25, -0.2) is 4.79 Å². The number of hydrogen-bond acceptors (Lipinski definition) is 4. The Bertz CT molecular complexity index is 518. The van der Waals surface area contributed by atoms with Gasteiger partial charge in [-0.3, -0.25) is 0 Å². The lowest BCUT2D eigenvalue weighted by molar-refractivity contribution is 0.378. The average molecular weight is 215 g/mol. The van der Waals surface area contributed by atoms with Gasteiger partial charge in [-0.15, -0.1) is 12.4 Å². The fourth-order valence-corrected chi connectivity index (χ4v) is 1.12. The molecular weight excluding hydrogens is 208 g/mol. The summed E-state index contributed by atoms with van der Waals surface area (Å²) in [5.41, 5.74) is -0.681. The SMILES string of the molecule is Cl.O=c1oc2ccccc2c(O)c1O. The molecule has 4 nitrogen and oxygen atoms in total. The first kappa shape index (κ1) is 10.4. The van der Waals surface area contributed by atoms with Crippen LogP contribution in [0.3, 0.4) is 0 Å². The summed E-state index contributed by atoms with van der Waals surface area (Å²) in [4.78, 5) is 10.9. The number of fused-ring (bicyclic) bond motifs is 1. The van der Waals surface area contributed by atoms with Gasteiger partial charge in [-0.2, -0.15) is 0 Å². The van der Waals surface area contributed by atoms with Crippen molar-refractivity contribution < 1.29 is 14.6 Å². The van der Waals surface area contributed by atoms with Gasteiger partial charge in [0.1, 0.15) is 5.58 Å². The van der Waals surface area contributed by atoms with E-state index >= 15 is 0 Å². The monoisotopic (exact) mass is 214 g/mol. The molecule has 2 aromatic rings. The maximum absolute atomic E-state index is 10.9. The molecule has 0 saturated heterocycles. The summed E-state index contributed by atoms with van der Waals surface area (Å²) >= 11 is 0. The maximum Gasteiger partial charge on any atom is 0.382 e. The molecule has 2 N–H and O–H groups in total. The molecule has 0 atom stereocenters. The highest BCUT2D eigenvalue weighted by Crippen LogP contribution is 2.29. The van der Waals surface area contributed by atoms with E-state index < -0.39 is 17.1 Å². The molecule has 0 fully saturated rings. The lowest BCUT2D eigenvalue weighted by Gasteiger charge is -1.99. The predicted octanol–water partition coefficient (Wildman–Crippen LogP) is 1.63. The zero-order valence-corrected chi connectivity index (χ0v) is 7.75. The van der Waals surface area contributed by atoms with Gasteiger partial charge in [0.2, 0.25) is 5.75 Å². The van der Waals surface area contributed by atoms with Crippen molar-refractivity contribution in [3.8, 4) is 11.5 Å². The van der Waals surface area contributed by atoms with Gasteiger partial charge in [0.05, 0.1) is 5.39 Å². The second-order valence-electron chi connectivity index (χ2n) is 2.58. The highest BCUT2D eigenvalue weighted by atomic mass is 35.5. The van der Waals surface area contributed by atoms with Crippen molar-refractivity contribution in [1.82, 2.24) is 0 Å². The van der Waals surface area contributed by atoms with Crippen LogP contribution in [0.4, 0.5) is 0 Å². The minimum absolute atomic E-state index is 0. The van der Waals surface area contributed by atoms with Crippen LogP contribution in [0.25, 0.3) is 11.0 Å². The summed E-state index contributed by atoms with van der Waals surface area (Å²) in [7, 11) is 0. The van der Waals surface area contributed by atoms with Gasteiger partial charge < -0.3 is 14.6 Å². The Morgan fingerprint density at radius 3 is 2.43 bits per heavy atom. The smallest absolute Gasteiger partial charge is 0.382 e. The van der Waals surface area contributed by atoms with Gasteiger partial charge >= 0.3 is 5.63 Å². The third-order valence-corrected chi connectivity index (χ3v) is 1.76. The zero-order chi connectivity index (χ0) is 9.42. The largest absolute Gasteiger partial charge is 0.504 e. The number of aromatic hydroxyl groups is 2. The number of halogens is 1. The van der Waals surface area contributed by atoms with E-state index in [0.717, 1.165) is 0 Å². The van der Waals surface area contributed by atoms with Crippen LogP contribution in [0.5, 0.6) is 11.5 Å². The van der Waals surface area contributed by atoms with Crippen molar-refractivity contribution in [1.29, 1.82) is 0 Å². The van der Waals surface area contributed by atoms with Crippen molar-refractivity contribution in [3.05, 3.63) is 34.7 Å². The van der Waals surface area contributed by atoms with Crippen molar-refractivity contribution in [2.45, 2.75) is 0 Å². The normalized spacial score (nSPS) is 9.71. The third kappa shape index (κ3) is 1.40. The van der Waals surface area contributed by atoms with Crippen LogP contribution in [-0.2, 0) is 0 Å². The molecule has 1 aromatic heterocycles. The first-order valence-electron chi connectivity index (χ1n) is 3.64. The molecule has 2 rings (SSSR count). The first-order chi connectivity index (χ1) is 6.20. The van der Waals surface area contributed by atoms with Gasteiger partial charge in [0, 0.05) is 0 Å². The molecule has 0 aliphatic carbocycles. The third-order valence-electron chi connectivity index (χ3n) is 1.76. The quantitative estimate of drug-likeness (QED) is 0.654. The van der Waals surface area contributed by atoms with Crippen LogP contribution in [-0.4, -0.2) is 10.2 Å². The second-order valence-corrected chi connectivity index (χ2v) is 2.58. The summed E-state index contributed by atoms with van der Waals surface area (Å²) in [6.45, 7) is 0. The van der Waals surface area contributed by atoms with Crippen molar-refractivity contribution in [3.63, 3.8) is 0 Å². The zero-order valence-electron chi connectivity index (χ0n) is 6.93. The fourth-order valence-electron chi connectivity index (χ4n) is 1.12. The lowest BCUT2D eigenvalue weighted by atomic mass is 10.2. The minimum atomic E-state index is -0.934. The number of rotatable bonds is 0. The number of para-hydroxylation sites is 1. The van der Waals surface area contributed by atoms with E-state index in [2.05, 4.69) is 0 Å². The van der Waals surface area contributed by atoms with Crippen LogP contribution in [0.1, 0.15) is 0 Å². The Morgan fingerprint density at radius 1 is 1.07 bits per heavy atom. The first-order valence-corrected chi connectivity index (χ1v) is 3.64. The van der Waals surface area contributed by atoms with E-state index in [1.807, 2.05) is 0 Å². The molecule has 0 amide bonds. The molecule has 0 spiro atoms. The molecule has 14 heavy (non-hydrogen) atoms. The van der Waals surface area contributed by atoms with Gasteiger partial charge in [0.25, 0.3) is 0 Å². The molecule has 0 unspecified atom stereocenters. The number of benzene rings is 1. The Hall–Kier alpha value is -1.68. The van der Waals surface area contributed by atoms with Crippen molar-refractivity contribution >= 4 is 23.4 Å². The van der Waals surface area contributed by atoms with Crippen molar-refractivity contribution in [2.75, 3.05) is 0 Å². The highest BCUT2D eigenvalue weighted by molar-refractivity contribution is 5.85. The fraction of sp³-hybridized carbons (Fsp3) is 0. The Balaban J connectivity index is 0.000000980. The topological polar surface area (TPSA) is 70.7 Å². The van der Waals surface area contributed by atoms with Crippen molar-refractivity contribution in [2.24, 2.45) is 0 Å². The Morgan fingerprint density at radius 2 is 1.71 bits per heavy atom. The number of hydrogen-bond donors (Lipinski definition) is 2. The molecule has 1 aromatic carbocycles. The highest BCUT2D eigenvalue weighted by Gasteiger charge is 2.10. The molecule has 0 aliphatic rings. The molecule has 1 heterocycles. The van der Waals surface area contributed by atoms with E-state index in [0.29, 0.717) is 5.39 Å². The van der Waals surface area contributed by atoms with Gasteiger partial charge in [-0.1, -0.05) is 12.1 Å². The lowest BCUT2D eigenvalue weighted by Crippen LogP contribution is -1.97. The van der Waals surface area contributed by atoms with E-state index in [1.54, 1.807) is 18.2 Å². The summed E-state index contributed by atoms with van der Waals surface area (Å²) < 4.78 is 4.71. The molecule has 0 bridgehead atoms. The van der Waals surface area contributed by atoms with E-state index in [4.69, 9.17) is 9.52 Å². The summed E-state index contributed by atoms with van der Waals surface area (Å²) in [6, 6.07) is 6.42. The molecule has 0 saturated carbocycles. The average Bonchev–Trinajstić information content (AvgIpc) is 2.15. The van der Waals surface area contributed by atoms with Crippen LogP contribution in [0.15, 0.2) is 33.5 Å². The minimum Gasteiger partial charge on any atom is -0.504 e. The second kappa shape index (κ2) is 3.59. The van der Waals surface area contributed by atoms with Crippen LogP contribution >= 0.6 is 12.4 Å². The van der Waals surface area contributed by atoms with Crippen LogP contribution in [0, 0.1) is 0 Å². The predicted molar refractivity (Wildman–Crippen MR) is 53.1 cm³/mol. The van der Waals surface area contributed by atoms with Gasteiger partial charge in [0.15, 0.2) is 5.75 Å². The molecule has 0 aliphatic heterocycles. The van der Waals surface area contributed by atoms with Crippen LogP contribution in [0.2, 0.25) is 0 Å². The van der Waals surface area contributed by atoms with E-state index in [9.17, 15) is 9.90 Å². The van der Waals surface area contributed by atoms with Crippen LogP contribution < -0.4 is 5.63 Å². The van der Waals surface area contributed by atoms with Gasteiger partial charge in [-0.05, 0) is 12.1 Å². The standard InChI is InChI=1S/C9H6O4.ClH/c10-7-5-3-1-2-4-6(5)13-9(12)8(7)11;/h1-4,10-11H;1H. The molecule has 0 radical (unpaired) electrons. The summed E-state index contributed by atoms with van der Waals surface area (Å²) in [5.74, 6) is -1.19. The summed E-state index contributed by atoms with van der Waals surface area (Å²) in [6.07, 6.45) is 0. The molecular formula is C9H7ClO4. The maximum atomic E-state index is 10.9. The molecule has 74 valence electrons. The van der Waals surface area contributed by atoms with E-state index in [1.165, 1.54) is 6.07 Å². The summed E-state index contributed by atoms with van der Waals surface area (Å²) in [5, 5.41) is 18.7. The van der Waals surface area contributed by atoms with E-state index in [-0.39, 0.29) is 18.0 Å². The molecule has 5 heteroatoms. The Kier molecular flexibility index (Phi) is 2.67.